The molecule has 8 nitrogen and oxygen atoms in total. The minimum Gasteiger partial charge on any atom is -0.397 e. The zero-order valence-electron chi connectivity index (χ0n) is 11.5. The Morgan fingerprint density at radius 2 is 2.24 bits per heavy atom. The maximum atomic E-state index is 12.2. The fourth-order valence-corrected chi connectivity index (χ4v) is 3.44. The van der Waals surface area contributed by atoms with E-state index in [1.807, 2.05) is 6.92 Å². The molecule has 1 heterocycles. The summed E-state index contributed by atoms with van der Waals surface area (Å²) in [5, 5.41) is 10.6. The summed E-state index contributed by atoms with van der Waals surface area (Å²) in [7, 11) is -3.80. The van der Waals surface area contributed by atoms with E-state index in [1.54, 1.807) is 0 Å². The number of nitrogen functional groups attached to an aromatic ring is 1. The molecule has 0 saturated carbocycles. The van der Waals surface area contributed by atoms with Gasteiger partial charge in [0.25, 0.3) is 5.69 Å². The zero-order chi connectivity index (χ0) is 15.6. The smallest absolute Gasteiger partial charge is 0.271 e. The van der Waals surface area contributed by atoms with E-state index in [4.69, 9.17) is 10.5 Å². The number of rotatable bonds is 5. The molecule has 1 aromatic rings. The number of nitrogens with two attached hydrogens (primary N) is 1. The van der Waals surface area contributed by atoms with Crippen LogP contribution < -0.4 is 10.5 Å². The van der Waals surface area contributed by atoms with E-state index >= 15 is 0 Å². The van der Waals surface area contributed by atoms with Crippen molar-refractivity contribution in [1.82, 2.24) is 4.72 Å². The Morgan fingerprint density at radius 3 is 2.76 bits per heavy atom. The standard InChI is InChI=1S/C12H17N3O5S/c1-8-9(4-5-20-8)7-14-21(18,19)12-3-2-10(15(16)17)6-11(12)13/h2-3,6,8-9,14H,4-5,7,13H2,1H3. The number of nitrogens with one attached hydrogen (secondary N) is 1. The minimum atomic E-state index is -3.80. The van der Waals surface area contributed by atoms with Gasteiger partial charge in [0, 0.05) is 31.2 Å². The molecular weight excluding hydrogens is 298 g/mol. The Balaban J connectivity index is 2.14. The van der Waals surface area contributed by atoms with Crippen molar-refractivity contribution in [2.45, 2.75) is 24.3 Å². The van der Waals surface area contributed by atoms with E-state index in [2.05, 4.69) is 4.72 Å². The summed E-state index contributed by atoms with van der Waals surface area (Å²) >= 11 is 0. The number of ether oxygens (including phenoxy) is 1. The van der Waals surface area contributed by atoms with Crippen LogP contribution in [0.5, 0.6) is 0 Å². The lowest BCUT2D eigenvalue weighted by molar-refractivity contribution is -0.384. The highest BCUT2D eigenvalue weighted by Crippen LogP contribution is 2.25. The summed E-state index contributed by atoms with van der Waals surface area (Å²) in [6.07, 6.45) is 0.793. The molecule has 1 aliphatic rings. The van der Waals surface area contributed by atoms with Crippen LogP contribution in [-0.4, -0.2) is 32.6 Å². The Morgan fingerprint density at radius 1 is 1.52 bits per heavy atom. The molecule has 2 unspecified atom stereocenters. The molecule has 2 rings (SSSR count). The summed E-state index contributed by atoms with van der Waals surface area (Å²) in [5.74, 6) is 0.110. The average molecular weight is 315 g/mol. The molecule has 9 heteroatoms. The second-order valence-corrected chi connectivity index (χ2v) is 6.69. The van der Waals surface area contributed by atoms with Crippen LogP contribution in [0, 0.1) is 16.0 Å². The SMILES string of the molecule is CC1OCCC1CNS(=O)(=O)c1ccc([N+](=O)[O-])cc1N. The topological polar surface area (TPSA) is 125 Å². The first-order chi connectivity index (χ1) is 9.81. The summed E-state index contributed by atoms with van der Waals surface area (Å²) in [5.41, 5.74) is 5.22. The number of sulfonamides is 1. The number of hydrogen-bond donors (Lipinski definition) is 2. The number of anilines is 1. The van der Waals surface area contributed by atoms with Crippen molar-refractivity contribution in [3.63, 3.8) is 0 Å². The number of nitro benzene ring substituents is 1. The highest BCUT2D eigenvalue weighted by Gasteiger charge is 2.27. The lowest BCUT2D eigenvalue weighted by atomic mass is 10.0. The van der Waals surface area contributed by atoms with Crippen molar-refractivity contribution in [3.8, 4) is 0 Å². The van der Waals surface area contributed by atoms with Crippen LogP contribution in [0.4, 0.5) is 11.4 Å². The summed E-state index contributed by atoms with van der Waals surface area (Å²) in [6, 6.07) is 3.30. The van der Waals surface area contributed by atoms with Gasteiger partial charge in [0.15, 0.2) is 0 Å². The highest BCUT2D eigenvalue weighted by atomic mass is 32.2. The molecule has 1 saturated heterocycles. The largest absolute Gasteiger partial charge is 0.397 e. The van der Waals surface area contributed by atoms with Gasteiger partial charge >= 0.3 is 0 Å². The van der Waals surface area contributed by atoms with E-state index in [1.165, 1.54) is 0 Å². The maximum Gasteiger partial charge on any atom is 0.271 e. The van der Waals surface area contributed by atoms with Crippen LogP contribution in [-0.2, 0) is 14.8 Å². The zero-order valence-corrected chi connectivity index (χ0v) is 12.3. The number of benzene rings is 1. The van der Waals surface area contributed by atoms with Gasteiger partial charge in [-0.3, -0.25) is 10.1 Å². The Bertz CT molecular complexity index is 646. The molecule has 0 bridgehead atoms. The number of non-ortho nitro benzene ring substituents is 1. The van der Waals surface area contributed by atoms with Crippen LogP contribution in [0.3, 0.4) is 0 Å². The van der Waals surface area contributed by atoms with E-state index in [0.29, 0.717) is 6.61 Å². The first-order valence-corrected chi connectivity index (χ1v) is 7.95. The van der Waals surface area contributed by atoms with E-state index in [0.717, 1.165) is 24.6 Å². The summed E-state index contributed by atoms with van der Waals surface area (Å²) in [4.78, 5) is 9.84. The fourth-order valence-electron chi connectivity index (χ4n) is 2.23. The molecule has 3 N–H and O–H groups in total. The average Bonchev–Trinajstić information content (AvgIpc) is 2.81. The number of hydrogen-bond acceptors (Lipinski definition) is 6. The first kappa shape index (κ1) is 15.7. The normalized spacial score (nSPS) is 22.3. The molecule has 21 heavy (non-hydrogen) atoms. The van der Waals surface area contributed by atoms with Crippen molar-refractivity contribution >= 4 is 21.4 Å². The third-order valence-electron chi connectivity index (χ3n) is 3.56. The number of nitro groups is 1. The minimum absolute atomic E-state index is 0.00177. The highest BCUT2D eigenvalue weighted by molar-refractivity contribution is 7.89. The second-order valence-electron chi connectivity index (χ2n) is 4.96. The molecule has 0 spiro atoms. The Kier molecular flexibility index (Phi) is 4.45. The molecule has 0 aliphatic carbocycles. The lowest BCUT2D eigenvalue weighted by Crippen LogP contribution is -2.32. The maximum absolute atomic E-state index is 12.2. The van der Waals surface area contributed by atoms with Crippen LogP contribution >= 0.6 is 0 Å². The third-order valence-corrected chi connectivity index (χ3v) is 5.06. The Labute approximate surface area is 122 Å². The lowest BCUT2D eigenvalue weighted by Gasteiger charge is -2.15. The molecule has 0 amide bonds. The van der Waals surface area contributed by atoms with Crippen LogP contribution in [0.15, 0.2) is 23.1 Å². The van der Waals surface area contributed by atoms with E-state index < -0.39 is 14.9 Å². The van der Waals surface area contributed by atoms with Gasteiger partial charge in [0.2, 0.25) is 10.0 Å². The third kappa shape index (κ3) is 3.49. The molecular formula is C12H17N3O5S. The summed E-state index contributed by atoms with van der Waals surface area (Å²) in [6.45, 7) is 2.76. The predicted octanol–water partition coefficient (Wildman–Crippen LogP) is 0.880. The number of nitrogens with zero attached hydrogens (tertiary/aromatic N) is 1. The van der Waals surface area contributed by atoms with Crippen LogP contribution in [0.25, 0.3) is 0 Å². The van der Waals surface area contributed by atoms with E-state index in [-0.39, 0.29) is 34.8 Å². The van der Waals surface area contributed by atoms with Crippen LogP contribution in [0.1, 0.15) is 13.3 Å². The van der Waals surface area contributed by atoms with Crippen molar-refractivity contribution in [2.24, 2.45) is 5.92 Å². The van der Waals surface area contributed by atoms with Crippen molar-refractivity contribution in [3.05, 3.63) is 28.3 Å². The molecule has 2 atom stereocenters. The monoisotopic (exact) mass is 315 g/mol. The van der Waals surface area contributed by atoms with Crippen LogP contribution in [0.2, 0.25) is 0 Å². The van der Waals surface area contributed by atoms with Gasteiger partial charge in [0.05, 0.1) is 16.7 Å². The van der Waals surface area contributed by atoms with Crippen molar-refractivity contribution in [1.29, 1.82) is 0 Å². The van der Waals surface area contributed by atoms with E-state index in [9.17, 15) is 18.5 Å². The first-order valence-electron chi connectivity index (χ1n) is 6.46. The quantitative estimate of drug-likeness (QED) is 0.472. The molecule has 0 aromatic heterocycles. The summed E-state index contributed by atoms with van der Waals surface area (Å²) < 4.78 is 32.2. The molecule has 1 aromatic carbocycles. The van der Waals surface area contributed by atoms with Gasteiger partial charge in [-0.15, -0.1) is 0 Å². The Hall–Kier alpha value is -1.71. The van der Waals surface area contributed by atoms with Gasteiger partial charge < -0.3 is 10.5 Å². The molecule has 116 valence electrons. The van der Waals surface area contributed by atoms with Gasteiger partial charge in [0.1, 0.15) is 4.90 Å². The van der Waals surface area contributed by atoms with Gasteiger partial charge in [-0.1, -0.05) is 0 Å². The van der Waals surface area contributed by atoms with Gasteiger partial charge in [-0.2, -0.15) is 0 Å². The fraction of sp³-hybridized carbons (Fsp3) is 0.500. The van der Waals surface area contributed by atoms with Crippen molar-refractivity contribution in [2.75, 3.05) is 18.9 Å². The molecule has 1 aliphatic heterocycles. The second kappa shape index (κ2) is 5.96. The van der Waals surface area contributed by atoms with Gasteiger partial charge in [-0.25, -0.2) is 13.1 Å². The van der Waals surface area contributed by atoms with Gasteiger partial charge in [-0.05, 0) is 19.4 Å². The predicted molar refractivity (Wildman–Crippen MR) is 76.2 cm³/mol. The van der Waals surface area contributed by atoms with Crippen molar-refractivity contribution < 1.29 is 18.1 Å². The molecule has 0 radical (unpaired) electrons. The molecule has 1 fully saturated rings.